The zero-order valence-electron chi connectivity index (χ0n) is 8.62. The fourth-order valence-electron chi connectivity index (χ4n) is 2.00. The Labute approximate surface area is 84.4 Å². The normalized spacial score (nSPS) is 20.1. The van der Waals surface area contributed by atoms with Crippen LogP contribution in [0.3, 0.4) is 0 Å². The molecular formula is C11H16N2O. The van der Waals surface area contributed by atoms with E-state index in [1.54, 1.807) is 12.1 Å². The quantitative estimate of drug-likeness (QED) is 0.714. The molecule has 2 N–H and O–H groups in total. The Morgan fingerprint density at radius 1 is 1.57 bits per heavy atom. The molecule has 0 aliphatic carbocycles. The molecule has 0 bridgehead atoms. The maximum absolute atomic E-state index is 9.35. The minimum absolute atomic E-state index is 0.321. The van der Waals surface area contributed by atoms with Gasteiger partial charge in [0.2, 0.25) is 0 Å². The van der Waals surface area contributed by atoms with Gasteiger partial charge in [0.1, 0.15) is 5.75 Å². The van der Waals surface area contributed by atoms with Crippen LogP contribution in [0.15, 0.2) is 18.2 Å². The molecule has 2 rings (SSSR count). The summed E-state index contributed by atoms with van der Waals surface area (Å²) < 4.78 is 0. The standard InChI is InChI=1S/C11H16N2O/c1-3-13-8(2)7-12-10-6-9(14)4-5-11(10)13/h4-6,8,12,14H,3,7H2,1-2H3. The zero-order chi connectivity index (χ0) is 10.1. The number of fused-ring (bicyclic) bond motifs is 1. The van der Waals surface area contributed by atoms with E-state index in [1.165, 1.54) is 5.69 Å². The molecule has 1 unspecified atom stereocenters. The van der Waals surface area contributed by atoms with Crippen molar-refractivity contribution in [2.75, 3.05) is 23.3 Å². The van der Waals surface area contributed by atoms with Crippen molar-refractivity contribution >= 4 is 11.4 Å². The molecule has 1 aliphatic heterocycles. The van der Waals surface area contributed by atoms with Crippen LogP contribution in [0.25, 0.3) is 0 Å². The Bertz CT molecular complexity index is 338. The molecule has 0 saturated carbocycles. The van der Waals surface area contributed by atoms with Crippen molar-refractivity contribution in [2.45, 2.75) is 19.9 Å². The summed E-state index contributed by atoms with van der Waals surface area (Å²) in [7, 11) is 0. The van der Waals surface area contributed by atoms with Crippen LogP contribution in [0.4, 0.5) is 11.4 Å². The van der Waals surface area contributed by atoms with E-state index in [0.717, 1.165) is 18.8 Å². The van der Waals surface area contributed by atoms with Gasteiger partial charge >= 0.3 is 0 Å². The zero-order valence-corrected chi connectivity index (χ0v) is 8.62. The number of hydrogen-bond donors (Lipinski definition) is 2. The molecule has 1 heterocycles. The van der Waals surface area contributed by atoms with Gasteiger partial charge in [-0.1, -0.05) is 0 Å². The summed E-state index contributed by atoms with van der Waals surface area (Å²) in [5, 5.41) is 12.7. The number of anilines is 2. The van der Waals surface area contributed by atoms with E-state index in [-0.39, 0.29) is 0 Å². The van der Waals surface area contributed by atoms with E-state index in [9.17, 15) is 5.11 Å². The van der Waals surface area contributed by atoms with E-state index >= 15 is 0 Å². The first-order chi connectivity index (χ1) is 6.72. The lowest BCUT2D eigenvalue weighted by atomic mass is 10.1. The van der Waals surface area contributed by atoms with E-state index in [0.29, 0.717) is 11.8 Å². The van der Waals surface area contributed by atoms with Gasteiger partial charge in [0.15, 0.2) is 0 Å². The fourth-order valence-corrected chi connectivity index (χ4v) is 2.00. The SMILES string of the molecule is CCN1c2ccc(O)cc2NCC1C. The molecule has 14 heavy (non-hydrogen) atoms. The van der Waals surface area contributed by atoms with Gasteiger partial charge < -0.3 is 15.3 Å². The molecule has 3 nitrogen and oxygen atoms in total. The average molecular weight is 192 g/mol. The predicted octanol–water partition coefficient (Wildman–Crippen LogP) is 2.03. The number of hydrogen-bond acceptors (Lipinski definition) is 3. The Morgan fingerprint density at radius 3 is 3.07 bits per heavy atom. The van der Waals surface area contributed by atoms with Crippen LogP contribution in [0.2, 0.25) is 0 Å². The summed E-state index contributed by atoms with van der Waals surface area (Å²) in [6.07, 6.45) is 0. The van der Waals surface area contributed by atoms with Crippen LogP contribution in [0.5, 0.6) is 5.75 Å². The van der Waals surface area contributed by atoms with Crippen molar-refractivity contribution < 1.29 is 5.11 Å². The molecular weight excluding hydrogens is 176 g/mol. The van der Waals surface area contributed by atoms with E-state index < -0.39 is 0 Å². The van der Waals surface area contributed by atoms with Crippen molar-refractivity contribution in [3.63, 3.8) is 0 Å². The van der Waals surface area contributed by atoms with Gasteiger partial charge in [0, 0.05) is 25.2 Å². The van der Waals surface area contributed by atoms with Crippen molar-refractivity contribution in [3.05, 3.63) is 18.2 Å². The second kappa shape index (κ2) is 3.40. The van der Waals surface area contributed by atoms with Gasteiger partial charge in [-0.2, -0.15) is 0 Å². The fraction of sp³-hybridized carbons (Fsp3) is 0.455. The van der Waals surface area contributed by atoms with Crippen molar-refractivity contribution in [2.24, 2.45) is 0 Å². The highest BCUT2D eigenvalue weighted by Gasteiger charge is 2.21. The van der Waals surface area contributed by atoms with Crippen LogP contribution >= 0.6 is 0 Å². The Kier molecular flexibility index (Phi) is 2.23. The summed E-state index contributed by atoms with van der Waals surface area (Å²) in [4.78, 5) is 2.34. The summed E-state index contributed by atoms with van der Waals surface area (Å²) in [6, 6.07) is 6.00. The van der Waals surface area contributed by atoms with Crippen molar-refractivity contribution in [3.8, 4) is 5.75 Å². The summed E-state index contributed by atoms with van der Waals surface area (Å²) in [6.45, 7) is 6.29. The predicted molar refractivity (Wildman–Crippen MR) is 59.1 cm³/mol. The lowest BCUT2D eigenvalue weighted by Crippen LogP contribution is -2.41. The molecule has 1 atom stereocenters. The minimum atomic E-state index is 0.321. The van der Waals surface area contributed by atoms with Crippen LogP contribution in [0.1, 0.15) is 13.8 Å². The Hall–Kier alpha value is -1.38. The Balaban J connectivity index is 2.41. The summed E-state index contributed by atoms with van der Waals surface area (Å²) >= 11 is 0. The number of nitrogens with zero attached hydrogens (tertiary/aromatic N) is 1. The van der Waals surface area contributed by atoms with Crippen molar-refractivity contribution in [1.82, 2.24) is 0 Å². The van der Waals surface area contributed by atoms with Crippen LogP contribution < -0.4 is 10.2 Å². The average Bonchev–Trinajstić information content (AvgIpc) is 2.18. The van der Waals surface area contributed by atoms with Gasteiger partial charge in [-0.15, -0.1) is 0 Å². The summed E-state index contributed by atoms with van der Waals surface area (Å²) in [5.41, 5.74) is 2.22. The molecule has 1 aromatic rings. The number of benzene rings is 1. The second-order valence-electron chi connectivity index (χ2n) is 3.72. The summed E-state index contributed by atoms with van der Waals surface area (Å²) in [5.74, 6) is 0.321. The number of phenolic OH excluding ortho intramolecular Hbond substituents is 1. The molecule has 0 aromatic heterocycles. The number of likely N-dealkylation sites (N-methyl/N-ethyl adjacent to an activating group) is 1. The maximum atomic E-state index is 9.35. The highest BCUT2D eigenvalue weighted by atomic mass is 16.3. The van der Waals surface area contributed by atoms with Gasteiger partial charge in [-0.25, -0.2) is 0 Å². The van der Waals surface area contributed by atoms with Crippen molar-refractivity contribution in [1.29, 1.82) is 0 Å². The topological polar surface area (TPSA) is 35.5 Å². The molecule has 1 aliphatic rings. The largest absolute Gasteiger partial charge is 0.508 e. The molecule has 0 fully saturated rings. The number of phenols is 1. The van der Waals surface area contributed by atoms with Crippen LogP contribution in [0, 0.1) is 0 Å². The van der Waals surface area contributed by atoms with Gasteiger partial charge in [0.25, 0.3) is 0 Å². The second-order valence-corrected chi connectivity index (χ2v) is 3.72. The molecule has 0 spiro atoms. The Morgan fingerprint density at radius 2 is 2.36 bits per heavy atom. The maximum Gasteiger partial charge on any atom is 0.117 e. The van der Waals surface area contributed by atoms with E-state index in [4.69, 9.17) is 0 Å². The monoisotopic (exact) mass is 192 g/mol. The number of rotatable bonds is 1. The third-order valence-corrected chi connectivity index (χ3v) is 2.75. The van der Waals surface area contributed by atoms with Crippen LogP contribution in [-0.4, -0.2) is 24.2 Å². The minimum Gasteiger partial charge on any atom is -0.508 e. The van der Waals surface area contributed by atoms with Gasteiger partial charge in [-0.05, 0) is 26.0 Å². The first-order valence-corrected chi connectivity index (χ1v) is 5.06. The van der Waals surface area contributed by atoms with Gasteiger partial charge in [0.05, 0.1) is 11.4 Å². The lowest BCUT2D eigenvalue weighted by Gasteiger charge is -2.36. The van der Waals surface area contributed by atoms with Gasteiger partial charge in [-0.3, -0.25) is 0 Å². The first kappa shape index (κ1) is 9.19. The third kappa shape index (κ3) is 1.39. The lowest BCUT2D eigenvalue weighted by molar-refractivity contribution is 0.475. The van der Waals surface area contributed by atoms with E-state index in [2.05, 4.69) is 24.1 Å². The van der Waals surface area contributed by atoms with E-state index in [1.807, 2.05) is 6.07 Å². The molecule has 1 aromatic carbocycles. The number of nitrogens with one attached hydrogen (secondary N) is 1. The smallest absolute Gasteiger partial charge is 0.117 e. The molecule has 0 saturated heterocycles. The third-order valence-electron chi connectivity index (χ3n) is 2.75. The highest BCUT2D eigenvalue weighted by Crippen LogP contribution is 2.33. The highest BCUT2D eigenvalue weighted by molar-refractivity contribution is 5.74. The molecule has 0 radical (unpaired) electrons. The molecule has 0 amide bonds. The molecule has 76 valence electrons. The van der Waals surface area contributed by atoms with Crippen LogP contribution in [-0.2, 0) is 0 Å². The number of aromatic hydroxyl groups is 1. The molecule has 3 heteroatoms. The first-order valence-electron chi connectivity index (χ1n) is 5.06.